The van der Waals surface area contributed by atoms with E-state index < -0.39 is 0 Å². The molecule has 1 aliphatic heterocycles. The third-order valence-corrected chi connectivity index (χ3v) is 4.34. The van der Waals surface area contributed by atoms with Crippen molar-refractivity contribution in [2.24, 2.45) is 5.41 Å². The Morgan fingerprint density at radius 2 is 2.30 bits per heavy atom. The number of halogens is 2. The summed E-state index contributed by atoms with van der Waals surface area (Å²) in [5, 5.41) is 6.09. The number of carbonyl (C=O) groups is 1. The van der Waals surface area contributed by atoms with Crippen molar-refractivity contribution >= 4 is 21.8 Å². The third-order valence-electron chi connectivity index (χ3n) is 3.85. The van der Waals surface area contributed by atoms with Crippen LogP contribution in [-0.2, 0) is 11.3 Å². The standard InChI is InChI=1S/C15H20BrFN2O/c1-15(2)6-3-7-18-13(15)14(20)19-9-10-8-11(16)4-5-12(10)17/h4-5,8,13,18H,3,6-7,9H2,1-2H3,(H,19,20). The summed E-state index contributed by atoms with van der Waals surface area (Å²) in [6, 6.07) is 4.52. The van der Waals surface area contributed by atoms with Crippen molar-refractivity contribution in [3.05, 3.63) is 34.1 Å². The maximum absolute atomic E-state index is 13.6. The van der Waals surface area contributed by atoms with Gasteiger partial charge in [-0.15, -0.1) is 0 Å². The van der Waals surface area contributed by atoms with E-state index in [2.05, 4.69) is 40.4 Å². The second-order valence-corrected chi connectivity index (χ2v) is 6.85. The zero-order valence-electron chi connectivity index (χ0n) is 11.8. The maximum atomic E-state index is 13.6. The summed E-state index contributed by atoms with van der Waals surface area (Å²) in [7, 11) is 0. The van der Waals surface area contributed by atoms with Crippen LogP contribution < -0.4 is 10.6 Å². The van der Waals surface area contributed by atoms with Gasteiger partial charge < -0.3 is 10.6 Å². The van der Waals surface area contributed by atoms with Gasteiger partial charge in [0.05, 0.1) is 6.04 Å². The van der Waals surface area contributed by atoms with Gasteiger partial charge in [0.1, 0.15) is 5.82 Å². The summed E-state index contributed by atoms with van der Waals surface area (Å²) in [4.78, 5) is 12.3. The van der Waals surface area contributed by atoms with Gasteiger partial charge in [0.15, 0.2) is 0 Å². The molecule has 3 nitrogen and oxygen atoms in total. The molecule has 110 valence electrons. The molecule has 1 fully saturated rings. The second-order valence-electron chi connectivity index (χ2n) is 5.93. The predicted molar refractivity (Wildman–Crippen MR) is 80.8 cm³/mol. The van der Waals surface area contributed by atoms with Crippen molar-refractivity contribution in [1.82, 2.24) is 10.6 Å². The number of carbonyl (C=O) groups excluding carboxylic acids is 1. The van der Waals surface area contributed by atoms with Gasteiger partial charge in [0.25, 0.3) is 0 Å². The van der Waals surface area contributed by atoms with E-state index >= 15 is 0 Å². The molecular weight excluding hydrogens is 323 g/mol. The van der Waals surface area contributed by atoms with Crippen LogP contribution >= 0.6 is 15.9 Å². The third kappa shape index (κ3) is 3.58. The van der Waals surface area contributed by atoms with Crippen LogP contribution in [0.15, 0.2) is 22.7 Å². The molecule has 1 atom stereocenters. The molecule has 1 unspecified atom stereocenters. The molecule has 0 spiro atoms. The molecule has 0 aliphatic carbocycles. The fourth-order valence-electron chi connectivity index (χ4n) is 2.62. The van der Waals surface area contributed by atoms with E-state index in [1.54, 1.807) is 12.1 Å². The lowest BCUT2D eigenvalue weighted by atomic mass is 9.77. The Morgan fingerprint density at radius 3 is 3.00 bits per heavy atom. The van der Waals surface area contributed by atoms with E-state index in [0.717, 1.165) is 23.9 Å². The van der Waals surface area contributed by atoms with Gasteiger partial charge in [-0.1, -0.05) is 29.8 Å². The molecule has 0 bridgehead atoms. The molecule has 1 saturated heterocycles. The summed E-state index contributed by atoms with van der Waals surface area (Å²) in [6.07, 6.45) is 2.10. The van der Waals surface area contributed by atoms with Crippen LogP contribution in [0.3, 0.4) is 0 Å². The molecule has 2 N–H and O–H groups in total. The second kappa shape index (κ2) is 6.22. The van der Waals surface area contributed by atoms with Gasteiger partial charge in [0.2, 0.25) is 5.91 Å². The van der Waals surface area contributed by atoms with Crippen molar-refractivity contribution in [3.8, 4) is 0 Å². The van der Waals surface area contributed by atoms with E-state index in [1.807, 2.05) is 0 Å². The molecule has 20 heavy (non-hydrogen) atoms. The monoisotopic (exact) mass is 342 g/mol. The first-order valence-electron chi connectivity index (χ1n) is 6.85. The topological polar surface area (TPSA) is 41.1 Å². The number of nitrogens with one attached hydrogen (secondary N) is 2. The molecule has 1 aromatic carbocycles. The van der Waals surface area contributed by atoms with E-state index in [0.29, 0.717) is 5.56 Å². The molecule has 1 aromatic rings. The Morgan fingerprint density at radius 1 is 1.55 bits per heavy atom. The van der Waals surface area contributed by atoms with Crippen LogP contribution in [0.1, 0.15) is 32.3 Å². The van der Waals surface area contributed by atoms with Crippen LogP contribution in [-0.4, -0.2) is 18.5 Å². The van der Waals surface area contributed by atoms with Crippen molar-refractivity contribution in [2.75, 3.05) is 6.54 Å². The highest BCUT2D eigenvalue weighted by Gasteiger charge is 2.36. The van der Waals surface area contributed by atoms with E-state index in [9.17, 15) is 9.18 Å². The summed E-state index contributed by atoms with van der Waals surface area (Å²) < 4.78 is 14.4. The van der Waals surface area contributed by atoms with Crippen LogP contribution in [0.2, 0.25) is 0 Å². The van der Waals surface area contributed by atoms with Crippen LogP contribution in [0.25, 0.3) is 0 Å². The number of hydrogen-bond donors (Lipinski definition) is 2. The predicted octanol–water partition coefficient (Wildman–Crippen LogP) is 2.98. The van der Waals surface area contributed by atoms with Gasteiger partial charge in [-0.3, -0.25) is 4.79 Å². The minimum Gasteiger partial charge on any atom is -0.351 e. The Labute approximate surface area is 127 Å². The van der Waals surface area contributed by atoms with E-state index in [1.165, 1.54) is 6.07 Å². The lowest BCUT2D eigenvalue weighted by Gasteiger charge is -2.38. The van der Waals surface area contributed by atoms with Crippen molar-refractivity contribution in [3.63, 3.8) is 0 Å². The largest absolute Gasteiger partial charge is 0.351 e. The summed E-state index contributed by atoms with van der Waals surface area (Å²) in [6.45, 7) is 5.23. The number of rotatable bonds is 3. The SMILES string of the molecule is CC1(C)CCCNC1C(=O)NCc1cc(Br)ccc1F. The Bertz CT molecular complexity index is 505. The highest BCUT2D eigenvalue weighted by molar-refractivity contribution is 9.10. The highest BCUT2D eigenvalue weighted by Crippen LogP contribution is 2.30. The van der Waals surface area contributed by atoms with Gasteiger partial charge in [0, 0.05) is 16.6 Å². The maximum Gasteiger partial charge on any atom is 0.237 e. The van der Waals surface area contributed by atoms with Gasteiger partial charge in [-0.2, -0.15) is 0 Å². The van der Waals surface area contributed by atoms with E-state index in [4.69, 9.17) is 0 Å². The molecule has 0 aromatic heterocycles. The Balaban J connectivity index is 1.99. The fraction of sp³-hybridized carbons (Fsp3) is 0.533. The smallest absolute Gasteiger partial charge is 0.237 e. The molecule has 0 radical (unpaired) electrons. The number of piperidine rings is 1. The Hall–Kier alpha value is -0.940. The van der Waals surface area contributed by atoms with Gasteiger partial charge in [-0.05, 0) is 43.0 Å². The lowest BCUT2D eigenvalue weighted by Crippen LogP contribution is -2.55. The average molecular weight is 343 g/mol. The average Bonchev–Trinajstić information content (AvgIpc) is 2.39. The summed E-state index contributed by atoms with van der Waals surface area (Å²) in [5.41, 5.74) is 0.416. The summed E-state index contributed by atoms with van der Waals surface area (Å²) in [5.74, 6) is -0.363. The zero-order chi connectivity index (χ0) is 14.8. The van der Waals surface area contributed by atoms with Crippen LogP contribution in [0.4, 0.5) is 4.39 Å². The van der Waals surface area contributed by atoms with Crippen molar-refractivity contribution in [2.45, 2.75) is 39.3 Å². The minimum atomic E-state index is -0.302. The first kappa shape index (κ1) is 15.4. The summed E-state index contributed by atoms with van der Waals surface area (Å²) >= 11 is 3.31. The molecule has 2 rings (SSSR count). The quantitative estimate of drug-likeness (QED) is 0.886. The highest BCUT2D eigenvalue weighted by atomic mass is 79.9. The first-order valence-corrected chi connectivity index (χ1v) is 7.64. The first-order chi connectivity index (χ1) is 9.40. The lowest BCUT2D eigenvalue weighted by molar-refractivity contribution is -0.126. The van der Waals surface area contributed by atoms with Crippen molar-refractivity contribution in [1.29, 1.82) is 0 Å². The van der Waals surface area contributed by atoms with Gasteiger partial charge >= 0.3 is 0 Å². The number of hydrogen-bond acceptors (Lipinski definition) is 2. The minimum absolute atomic E-state index is 0.0610. The molecule has 1 aliphatic rings. The number of amides is 1. The zero-order valence-corrected chi connectivity index (χ0v) is 13.4. The molecule has 1 amide bonds. The Kier molecular flexibility index (Phi) is 4.81. The van der Waals surface area contributed by atoms with E-state index in [-0.39, 0.29) is 29.7 Å². The molecular formula is C15H20BrFN2O. The molecule has 1 heterocycles. The van der Waals surface area contributed by atoms with Crippen molar-refractivity contribution < 1.29 is 9.18 Å². The van der Waals surface area contributed by atoms with Crippen LogP contribution in [0.5, 0.6) is 0 Å². The normalized spacial score (nSPS) is 21.5. The fourth-order valence-corrected chi connectivity index (χ4v) is 3.03. The molecule has 0 saturated carbocycles. The number of benzene rings is 1. The van der Waals surface area contributed by atoms with Gasteiger partial charge in [-0.25, -0.2) is 4.39 Å². The van der Waals surface area contributed by atoms with Crippen LogP contribution in [0, 0.1) is 11.2 Å². The molecule has 5 heteroatoms.